The second kappa shape index (κ2) is 3.53. The van der Waals surface area contributed by atoms with Gasteiger partial charge in [-0.2, -0.15) is 0 Å². The smallest absolute Gasteiger partial charge is 0.271 e. The van der Waals surface area contributed by atoms with Gasteiger partial charge in [0.2, 0.25) is 0 Å². The van der Waals surface area contributed by atoms with E-state index in [2.05, 4.69) is 4.98 Å². The molecule has 0 bridgehead atoms. The third kappa shape index (κ3) is 1.46. The van der Waals surface area contributed by atoms with E-state index in [-0.39, 0.29) is 5.56 Å². The fraction of sp³-hybridized carbons (Fsp3) is 0.600. The zero-order valence-corrected chi connectivity index (χ0v) is 8.23. The molecule has 0 radical (unpaired) electrons. The van der Waals surface area contributed by atoms with Crippen molar-refractivity contribution in [3.63, 3.8) is 0 Å². The molecule has 2 rings (SSSR count). The van der Waals surface area contributed by atoms with Crippen molar-refractivity contribution in [2.45, 2.75) is 38.8 Å². The van der Waals surface area contributed by atoms with Crippen LogP contribution in [0.2, 0.25) is 0 Å². The van der Waals surface area contributed by atoms with Gasteiger partial charge in [-0.15, -0.1) is 0 Å². The van der Waals surface area contributed by atoms with Crippen LogP contribution in [0, 0.1) is 0 Å². The number of aliphatic hydroxyl groups is 1. The summed E-state index contributed by atoms with van der Waals surface area (Å²) >= 11 is 0. The van der Waals surface area contributed by atoms with Gasteiger partial charge in [0, 0.05) is 5.69 Å². The second-order valence-corrected chi connectivity index (χ2v) is 3.70. The minimum absolute atomic E-state index is 0.208. The molecule has 0 amide bonds. The molecular formula is C10H14N2O2. The van der Waals surface area contributed by atoms with Crippen LogP contribution in [0.3, 0.4) is 0 Å². The maximum absolute atomic E-state index is 11.5. The van der Waals surface area contributed by atoms with E-state index in [1.165, 1.54) is 10.8 Å². The molecule has 1 atom stereocenters. The summed E-state index contributed by atoms with van der Waals surface area (Å²) in [5, 5.41) is 9.50. The quantitative estimate of drug-likeness (QED) is 0.713. The van der Waals surface area contributed by atoms with E-state index in [1.54, 1.807) is 6.92 Å². The Morgan fingerprint density at radius 3 is 2.93 bits per heavy atom. The Kier molecular flexibility index (Phi) is 2.37. The van der Waals surface area contributed by atoms with Crippen molar-refractivity contribution in [1.29, 1.82) is 0 Å². The van der Waals surface area contributed by atoms with Gasteiger partial charge < -0.3 is 5.11 Å². The van der Waals surface area contributed by atoms with Crippen molar-refractivity contribution in [2.24, 2.45) is 0 Å². The third-order valence-corrected chi connectivity index (χ3v) is 2.64. The van der Waals surface area contributed by atoms with Gasteiger partial charge in [0.25, 0.3) is 5.56 Å². The topological polar surface area (TPSA) is 55.1 Å². The van der Waals surface area contributed by atoms with Crippen LogP contribution >= 0.6 is 0 Å². The van der Waals surface area contributed by atoms with Gasteiger partial charge in [-0.1, -0.05) is 0 Å². The fourth-order valence-electron chi connectivity index (χ4n) is 2.01. The van der Waals surface area contributed by atoms with E-state index in [0.29, 0.717) is 0 Å². The summed E-state index contributed by atoms with van der Waals surface area (Å²) in [5.41, 5.74) is 1.68. The van der Waals surface area contributed by atoms with E-state index in [1.807, 2.05) is 0 Å². The molecule has 0 aromatic carbocycles. The van der Waals surface area contributed by atoms with Gasteiger partial charge in [-0.05, 0) is 32.6 Å². The molecule has 1 aromatic rings. The largest absolute Gasteiger partial charge is 0.373 e. The minimum atomic E-state index is -0.752. The Labute approximate surface area is 82.2 Å². The van der Waals surface area contributed by atoms with Crippen molar-refractivity contribution in [1.82, 2.24) is 9.55 Å². The number of aryl methyl sites for hydroxylation is 1. The van der Waals surface area contributed by atoms with Gasteiger partial charge in [0.15, 0.2) is 0 Å². The Bertz CT molecular complexity index is 396. The maximum Gasteiger partial charge on any atom is 0.271 e. The molecule has 1 unspecified atom stereocenters. The SMILES string of the molecule is CC(O)n1c2c(ncc1=O)CCCC2. The predicted octanol–water partition coefficient (Wildman–Crippen LogP) is 0.633. The van der Waals surface area contributed by atoms with E-state index < -0.39 is 6.23 Å². The fourth-order valence-corrected chi connectivity index (χ4v) is 2.01. The van der Waals surface area contributed by atoms with E-state index >= 15 is 0 Å². The van der Waals surface area contributed by atoms with Crippen molar-refractivity contribution in [2.75, 3.05) is 0 Å². The first-order valence-corrected chi connectivity index (χ1v) is 4.97. The summed E-state index contributed by atoms with van der Waals surface area (Å²) in [5.74, 6) is 0. The molecule has 1 aromatic heterocycles. The normalized spacial score (nSPS) is 17.6. The van der Waals surface area contributed by atoms with Crippen molar-refractivity contribution < 1.29 is 5.11 Å². The molecule has 1 heterocycles. The molecular weight excluding hydrogens is 180 g/mol. The van der Waals surface area contributed by atoms with Crippen LogP contribution in [0.1, 0.15) is 37.4 Å². The van der Waals surface area contributed by atoms with Gasteiger partial charge in [-0.3, -0.25) is 14.3 Å². The molecule has 0 spiro atoms. The first kappa shape index (κ1) is 9.40. The lowest BCUT2D eigenvalue weighted by atomic mass is 10.00. The molecule has 4 heteroatoms. The van der Waals surface area contributed by atoms with Crippen LogP contribution in [-0.4, -0.2) is 14.7 Å². The summed E-state index contributed by atoms with van der Waals surface area (Å²) in [4.78, 5) is 15.6. The van der Waals surface area contributed by atoms with Crippen molar-refractivity contribution >= 4 is 0 Å². The third-order valence-electron chi connectivity index (χ3n) is 2.64. The summed E-state index contributed by atoms with van der Waals surface area (Å²) in [7, 11) is 0. The average Bonchev–Trinajstić information content (AvgIpc) is 2.17. The first-order valence-electron chi connectivity index (χ1n) is 4.97. The Morgan fingerprint density at radius 2 is 2.21 bits per heavy atom. The van der Waals surface area contributed by atoms with Crippen LogP contribution < -0.4 is 5.56 Å². The lowest BCUT2D eigenvalue weighted by Crippen LogP contribution is -2.29. The molecule has 0 fully saturated rings. The minimum Gasteiger partial charge on any atom is -0.373 e. The summed E-state index contributed by atoms with van der Waals surface area (Å²) < 4.78 is 1.45. The molecule has 76 valence electrons. The highest BCUT2D eigenvalue weighted by atomic mass is 16.3. The average molecular weight is 194 g/mol. The van der Waals surface area contributed by atoms with Crippen molar-refractivity contribution in [3.8, 4) is 0 Å². The molecule has 0 saturated heterocycles. The van der Waals surface area contributed by atoms with E-state index in [0.717, 1.165) is 37.1 Å². The van der Waals surface area contributed by atoms with Gasteiger partial charge >= 0.3 is 0 Å². The predicted molar refractivity (Wildman–Crippen MR) is 52.1 cm³/mol. The molecule has 1 N–H and O–H groups in total. The summed E-state index contributed by atoms with van der Waals surface area (Å²) in [6.07, 6.45) is 4.52. The van der Waals surface area contributed by atoms with Gasteiger partial charge in [0.05, 0.1) is 11.9 Å². The zero-order valence-electron chi connectivity index (χ0n) is 8.23. The number of hydrogen-bond acceptors (Lipinski definition) is 3. The van der Waals surface area contributed by atoms with Gasteiger partial charge in [0.1, 0.15) is 6.23 Å². The number of aromatic nitrogens is 2. The van der Waals surface area contributed by atoms with Crippen LogP contribution in [0.4, 0.5) is 0 Å². The number of fused-ring (bicyclic) bond motifs is 1. The summed E-state index contributed by atoms with van der Waals surface area (Å²) in [6.45, 7) is 1.61. The summed E-state index contributed by atoms with van der Waals surface area (Å²) in [6, 6.07) is 0. The standard InChI is InChI=1S/C10H14N2O2/c1-7(13)12-9-5-3-2-4-8(9)11-6-10(12)14/h6-7,13H,2-5H2,1H3. The Balaban J connectivity index is 2.61. The van der Waals surface area contributed by atoms with E-state index in [9.17, 15) is 9.90 Å². The maximum atomic E-state index is 11.5. The molecule has 1 aliphatic carbocycles. The Morgan fingerprint density at radius 1 is 1.50 bits per heavy atom. The van der Waals surface area contributed by atoms with E-state index in [4.69, 9.17) is 0 Å². The second-order valence-electron chi connectivity index (χ2n) is 3.70. The van der Waals surface area contributed by atoms with Crippen LogP contribution in [0.15, 0.2) is 11.0 Å². The number of nitrogens with zero attached hydrogens (tertiary/aromatic N) is 2. The monoisotopic (exact) mass is 194 g/mol. The molecule has 0 aliphatic heterocycles. The van der Waals surface area contributed by atoms with Crippen molar-refractivity contribution in [3.05, 3.63) is 27.9 Å². The van der Waals surface area contributed by atoms with Gasteiger partial charge in [-0.25, -0.2) is 0 Å². The molecule has 0 saturated carbocycles. The number of rotatable bonds is 1. The highest BCUT2D eigenvalue weighted by molar-refractivity contribution is 5.16. The van der Waals surface area contributed by atoms with Crippen LogP contribution in [-0.2, 0) is 12.8 Å². The number of aliphatic hydroxyl groups excluding tert-OH is 1. The molecule has 4 nitrogen and oxygen atoms in total. The van der Waals surface area contributed by atoms with Crippen LogP contribution in [0.25, 0.3) is 0 Å². The first-order chi connectivity index (χ1) is 6.70. The lowest BCUT2D eigenvalue weighted by Gasteiger charge is -2.21. The molecule has 14 heavy (non-hydrogen) atoms. The number of hydrogen-bond donors (Lipinski definition) is 1. The van der Waals surface area contributed by atoms with Crippen LogP contribution in [0.5, 0.6) is 0 Å². The zero-order chi connectivity index (χ0) is 10.1. The molecule has 1 aliphatic rings. The lowest BCUT2D eigenvalue weighted by molar-refractivity contribution is 0.115. The highest BCUT2D eigenvalue weighted by Gasteiger charge is 2.17. The Hall–Kier alpha value is -1.16. The highest BCUT2D eigenvalue weighted by Crippen LogP contribution is 2.19.